The number of amides is 1. The van der Waals surface area contributed by atoms with Gasteiger partial charge in [0.25, 0.3) is 5.91 Å². The third-order valence-electron chi connectivity index (χ3n) is 6.31. The third-order valence-corrected chi connectivity index (χ3v) is 6.31. The van der Waals surface area contributed by atoms with E-state index in [4.69, 9.17) is 10.7 Å². The molecule has 0 spiro atoms. The fraction of sp³-hybridized carbons (Fsp3) is 0.333. The van der Waals surface area contributed by atoms with Crippen molar-refractivity contribution in [1.82, 2.24) is 19.0 Å². The normalized spacial score (nSPS) is 17.0. The minimum atomic E-state index is -0.239. The molecule has 3 heterocycles. The maximum absolute atomic E-state index is 14.4. The summed E-state index contributed by atoms with van der Waals surface area (Å²) in [5, 5.41) is 0.587. The summed E-state index contributed by atoms with van der Waals surface area (Å²) in [5.41, 5.74) is 10.1. The number of likely N-dealkylation sites (tertiary alicyclic amines) is 1. The van der Waals surface area contributed by atoms with Gasteiger partial charge in [-0.2, -0.15) is 0 Å². The van der Waals surface area contributed by atoms with Crippen molar-refractivity contribution in [2.75, 3.05) is 13.1 Å². The molecule has 6 nitrogen and oxygen atoms in total. The van der Waals surface area contributed by atoms with Gasteiger partial charge in [0.1, 0.15) is 5.82 Å². The number of piperidine rings is 1. The van der Waals surface area contributed by atoms with E-state index >= 15 is 0 Å². The van der Waals surface area contributed by atoms with Crippen molar-refractivity contribution in [2.24, 2.45) is 12.8 Å². The standard InChI is InChI=1S/C24H26FN5O/c1-3-30-20-8-4-7-18(25)17(20)13-22(30)23-27-19-12-15(9-10-21(19)28(23)2)24(31)29-11-5-6-16(26)14-29/h4,7-10,12-13,16H,3,5-6,11,14,26H2,1-2H3/t16-/m1/s1. The van der Waals surface area contributed by atoms with E-state index in [1.54, 1.807) is 6.07 Å². The average molecular weight is 420 g/mol. The number of imidazole rings is 1. The molecule has 0 aliphatic carbocycles. The first-order valence-electron chi connectivity index (χ1n) is 10.8. The van der Waals surface area contributed by atoms with Crippen molar-refractivity contribution in [3.05, 3.63) is 53.8 Å². The van der Waals surface area contributed by atoms with Crippen LogP contribution in [0.1, 0.15) is 30.1 Å². The number of aromatic nitrogens is 3. The van der Waals surface area contributed by atoms with Crippen LogP contribution in [0.15, 0.2) is 42.5 Å². The van der Waals surface area contributed by atoms with Crippen LogP contribution in [0.25, 0.3) is 33.5 Å². The Hall–Kier alpha value is -3.19. The molecular weight excluding hydrogens is 393 g/mol. The van der Waals surface area contributed by atoms with Crippen molar-refractivity contribution in [3.63, 3.8) is 0 Å². The number of benzene rings is 2. The highest BCUT2D eigenvalue weighted by atomic mass is 19.1. The predicted molar refractivity (Wildman–Crippen MR) is 120 cm³/mol. The summed E-state index contributed by atoms with van der Waals surface area (Å²) >= 11 is 0. The topological polar surface area (TPSA) is 69.1 Å². The van der Waals surface area contributed by atoms with Crippen LogP contribution >= 0.6 is 0 Å². The van der Waals surface area contributed by atoms with Gasteiger partial charge in [-0.3, -0.25) is 4.79 Å². The van der Waals surface area contributed by atoms with Gasteiger partial charge in [-0.1, -0.05) is 6.07 Å². The number of rotatable bonds is 3. The van der Waals surface area contributed by atoms with Crippen LogP contribution in [0, 0.1) is 5.82 Å². The average Bonchev–Trinajstić information content (AvgIpc) is 3.31. The number of hydrogen-bond donors (Lipinski definition) is 1. The Morgan fingerprint density at radius 3 is 2.84 bits per heavy atom. The second-order valence-electron chi connectivity index (χ2n) is 8.30. The first-order valence-corrected chi connectivity index (χ1v) is 10.8. The van der Waals surface area contributed by atoms with Crippen LogP contribution in [-0.4, -0.2) is 44.1 Å². The number of hydrogen-bond acceptors (Lipinski definition) is 3. The number of nitrogens with zero attached hydrogens (tertiary/aromatic N) is 4. The Kier molecular flexibility index (Phi) is 4.78. The molecule has 0 saturated carbocycles. The predicted octanol–water partition coefficient (Wildman–Crippen LogP) is 3.92. The smallest absolute Gasteiger partial charge is 0.253 e. The second-order valence-corrected chi connectivity index (χ2v) is 8.30. The van der Waals surface area contributed by atoms with E-state index in [1.165, 1.54) is 6.07 Å². The fourth-order valence-corrected chi connectivity index (χ4v) is 4.71. The molecule has 2 aromatic carbocycles. The monoisotopic (exact) mass is 419 g/mol. The number of carbonyl (C=O) groups excluding carboxylic acids is 1. The maximum Gasteiger partial charge on any atom is 0.253 e. The van der Waals surface area contributed by atoms with Crippen LogP contribution in [0.3, 0.4) is 0 Å². The van der Waals surface area contributed by atoms with Crippen molar-refractivity contribution in [1.29, 1.82) is 0 Å². The van der Waals surface area contributed by atoms with Gasteiger partial charge in [0.05, 0.1) is 22.2 Å². The van der Waals surface area contributed by atoms with E-state index in [-0.39, 0.29) is 17.8 Å². The van der Waals surface area contributed by atoms with Gasteiger partial charge >= 0.3 is 0 Å². The Morgan fingerprint density at radius 1 is 1.23 bits per heavy atom. The van der Waals surface area contributed by atoms with E-state index in [0.717, 1.165) is 47.5 Å². The van der Waals surface area contributed by atoms with Gasteiger partial charge < -0.3 is 19.8 Å². The van der Waals surface area contributed by atoms with Crippen LogP contribution in [0.4, 0.5) is 4.39 Å². The highest BCUT2D eigenvalue weighted by Crippen LogP contribution is 2.31. The summed E-state index contributed by atoms with van der Waals surface area (Å²) in [5.74, 6) is 0.503. The highest BCUT2D eigenvalue weighted by molar-refractivity contribution is 5.98. The van der Waals surface area contributed by atoms with Crippen molar-refractivity contribution < 1.29 is 9.18 Å². The lowest BCUT2D eigenvalue weighted by molar-refractivity contribution is 0.0709. The molecule has 2 aromatic heterocycles. The Bertz CT molecular complexity index is 1300. The Balaban J connectivity index is 1.59. The van der Waals surface area contributed by atoms with Gasteiger partial charge in [-0.25, -0.2) is 9.37 Å². The molecule has 1 saturated heterocycles. The van der Waals surface area contributed by atoms with E-state index in [2.05, 4.69) is 4.57 Å². The number of aryl methyl sites for hydroxylation is 2. The third kappa shape index (κ3) is 3.20. The first kappa shape index (κ1) is 19.8. The SMILES string of the molecule is CCn1c(-c2nc3cc(C(=O)N4CCC[C@@H](N)C4)ccc3n2C)cc2c(F)cccc21. The van der Waals surface area contributed by atoms with E-state index < -0.39 is 0 Å². The van der Waals surface area contributed by atoms with Crippen molar-refractivity contribution in [2.45, 2.75) is 32.4 Å². The number of carbonyl (C=O) groups is 1. The molecule has 1 atom stereocenters. The molecule has 0 radical (unpaired) electrons. The molecule has 160 valence electrons. The summed E-state index contributed by atoms with van der Waals surface area (Å²) in [4.78, 5) is 19.7. The van der Waals surface area contributed by atoms with Gasteiger partial charge in [0.15, 0.2) is 5.82 Å². The van der Waals surface area contributed by atoms with Crippen molar-refractivity contribution >= 4 is 27.8 Å². The molecule has 0 bridgehead atoms. The molecular formula is C24H26FN5O. The van der Waals surface area contributed by atoms with Crippen molar-refractivity contribution in [3.8, 4) is 11.5 Å². The van der Waals surface area contributed by atoms with Crippen LogP contribution in [-0.2, 0) is 13.6 Å². The maximum atomic E-state index is 14.4. The zero-order valence-corrected chi connectivity index (χ0v) is 17.8. The second kappa shape index (κ2) is 7.50. The van der Waals surface area contributed by atoms with Crippen LogP contribution in [0.5, 0.6) is 0 Å². The largest absolute Gasteiger partial charge is 0.338 e. The molecule has 0 unspecified atom stereocenters. The highest BCUT2D eigenvalue weighted by Gasteiger charge is 2.23. The first-order chi connectivity index (χ1) is 15.0. The minimum Gasteiger partial charge on any atom is -0.338 e. The molecule has 31 heavy (non-hydrogen) atoms. The molecule has 4 aromatic rings. The summed E-state index contributed by atoms with van der Waals surface area (Å²) in [6.07, 6.45) is 1.89. The van der Waals surface area contributed by atoms with Gasteiger partial charge in [-0.15, -0.1) is 0 Å². The number of halogens is 1. The van der Waals surface area contributed by atoms with Crippen LogP contribution in [0.2, 0.25) is 0 Å². The van der Waals surface area contributed by atoms with Crippen LogP contribution < -0.4 is 5.73 Å². The van der Waals surface area contributed by atoms with Gasteiger partial charge in [0, 0.05) is 43.7 Å². The lowest BCUT2D eigenvalue weighted by Gasteiger charge is -2.30. The lowest BCUT2D eigenvalue weighted by atomic mass is 10.1. The summed E-state index contributed by atoms with van der Waals surface area (Å²) in [6, 6.07) is 12.7. The molecule has 1 fully saturated rings. The summed E-state index contributed by atoms with van der Waals surface area (Å²) in [6.45, 7) is 4.06. The number of fused-ring (bicyclic) bond motifs is 2. The summed E-state index contributed by atoms with van der Waals surface area (Å²) in [7, 11) is 1.95. The fourth-order valence-electron chi connectivity index (χ4n) is 4.71. The molecule has 1 aliphatic rings. The Labute approximate surface area is 180 Å². The van der Waals surface area contributed by atoms with Gasteiger partial charge in [0.2, 0.25) is 0 Å². The quantitative estimate of drug-likeness (QED) is 0.547. The Morgan fingerprint density at radius 2 is 2.06 bits per heavy atom. The van der Waals surface area contributed by atoms with E-state index in [9.17, 15) is 9.18 Å². The molecule has 2 N–H and O–H groups in total. The minimum absolute atomic E-state index is 0.00556. The molecule has 1 amide bonds. The zero-order valence-electron chi connectivity index (χ0n) is 17.8. The zero-order chi connectivity index (χ0) is 21.7. The lowest BCUT2D eigenvalue weighted by Crippen LogP contribution is -2.45. The van der Waals surface area contributed by atoms with Gasteiger partial charge in [-0.05, 0) is 56.2 Å². The molecule has 1 aliphatic heterocycles. The van der Waals surface area contributed by atoms with E-state index in [0.29, 0.717) is 24.0 Å². The number of nitrogens with two attached hydrogens (primary N) is 1. The summed E-state index contributed by atoms with van der Waals surface area (Å²) < 4.78 is 18.5. The molecule has 7 heteroatoms. The molecule has 5 rings (SSSR count). The van der Waals surface area contributed by atoms with E-state index in [1.807, 2.05) is 53.8 Å².